The van der Waals surface area contributed by atoms with E-state index in [0.29, 0.717) is 44.8 Å². The minimum absolute atomic E-state index is 0.213. The molecule has 0 bridgehead atoms. The van der Waals surface area contributed by atoms with E-state index in [1.807, 2.05) is 12.1 Å². The summed E-state index contributed by atoms with van der Waals surface area (Å²) in [5.74, 6) is 1.33. The number of pyridine rings is 1. The van der Waals surface area contributed by atoms with Gasteiger partial charge in [0.05, 0.1) is 13.3 Å². The molecule has 2 heterocycles. The SMILES string of the molecule is COc1ccc(N2CCN(C(=O)C3(S(C)(=O)=O)CCCC3)CC2)nc1. The Balaban J connectivity index is 1.68. The first-order valence-electron chi connectivity index (χ1n) is 8.61. The molecule has 0 aromatic carbocycles. The van der Waals surface area contributed by atoms with Crippen LogP contribution < -0.4 is 9.64 Å². The number of amides is 1. The Morgan fingerprint density at radius 3 is 2.28 bits per heavy atom. The summed E-state index contributed by atoms with van der Waals surface area (Å²) in [5.41, 5.74) is 0. The Kier molecular flexibility index (Phi) is 4.90. The van der Waals surface area contributed by atoms with E-state index in [1.165, 1.54) is 6.26 Å². The highest BCUT2D eigenvalue weighted by atomic mass is 32.2. The third-order valence-electron chi connectivity index (χ3n) is 5.36. The lowest BCUT2D eigenvalue weighted by atomic mass is 10.0. The number of nitrogens with zero attached hydrogens (tertiary/aromatic N) is 3. The quantitative estimate of drug-likeness (QED) is 0.793. The summed E-state index contributed by atoms with van der Waals surface area (Å²) in [6, 6.07) is 3.75. The lowest BCUT2D eigenvalue weighted by Gasteiger charge is -2.39. The van der Waals surface area contributed by atoms with Crippen molar-refractivity contribution in [1.29, 1.82) is 0 Å². The predicted molar refractivity (Wildman–Crippen MR) is 95.6 cm³/mol. The molecule has 1 aromatic heterocycles. The van der Waals surface area contributed by atoms with Crippen molar-refractivity contribution in [3.63, 3.8) is 0 Å². The van der Waals surface area contributed by atoms with Crippen LogP contribution in [0.3, 0.4) is 0 Å². The highest BCUT2D eigenvalue weighted by Crippen LogP contribution is 2.38. The van der Waals surface area contributed by atoms with E-state index in [2.05, 4.69) is 9.88 Å². The van der Waals surface area contributed by atoms with Crippen LogP contribution in [0.5, 0.6) is 5.75 Å². The number of hydrogen-bond acceptors (Lipinski definition) is 6. The standard InChI is InChI=1S/C17H25N3O4S/c1-24-14-5-6-15(18-13-14)19-9-11-20(12-10-19)16(21)17(25(2,22)23)7-3-4-8-17/h5-6,13H,3-4,7-12H2,1-2H3. The molecule has 0 radical (unpaired) electrons. The number of rotatable bonds is 4. The largest absolute Gasteiger partial charge is 0.495 e. The zero-order valence-electron chi connectivity index (χ0n) is 14.8. The molecule has 0 spiro atoms. The molecule has 1 saturated carbocycles. The number of piperazine rings is 1. The van der Waals surface area contributed by atoms with Crippen LogP contribution in [0, 0.1) is 0 Å². The van der Waals surface area contributed by atoms with Crippen LogP contribution in [0.15, 0.2) is 18.3 Å². The van der Waals surface area contributed by atoms with Gasteiger partial charge in [-0.05, 0) is 25.0 Å². The maximum Gasteiger partial charge on any atom is 0.244 e. The van der Waals surface area contributed by atoms with E-state index in [1.54, 1.807) is 18.2 Å². The van der Waals surface area contributed by atoms with Gasteiger partial charge < -0.3 is 14.5 Å². The minimum atomic E-state index is -3.42. The Morgan fingerprint density at radius 1 is 1.16 bits per heavy atom. The maximum absolute atomic E-state index is 13.0. The molecule has 2 fully saturated rings. The second kappa shape index (κ2) is 6.82. The summed E-state index contributed by atoms with van der Waals surface area (Å²) in [4.78, 5) is 21.2. The van der Waals surface area contributed by atoms with Crippen LogP contribution in [-0.4, -0.2) is 68.5 Å². The van der Waals surface area contributed by atoms with Crippen molar-refractivity contribution in [3.05, 3.63) is 18.3 Å². The van der Waals surface area contributed by atoms with Gasteiger partial charge in [-0.2, -0.15) is 0 Å². The smallest absolute Gasteiger partial charge is 0.244 e. The van der Waals surface area contributed by atoms with Crippen LogP contribution in [0.1, 0.15) is 25.7 Å². The van der Waals surface area contributed by atoms with Gasteiger partial charge in [-0.25, -0.2) is 13.4 Å². The zero-order valence-corrected chi connectivity index (χ0v) is 15.6. The van der Waals surface area contributed by atoms with Crippen molar-refractivity contribution in [1.82, 2.24) is 9.88 Å². The van der Waals surface area contributed by atoms with E-state index < -0.39 is 14.6 Å². The van der Waals surface area contributed by atoms with E-state index in [9.17, 15) is 13.2 Å². The monoisotopic (exact) mass is 367 g/mol. The summed E-state index contributed by atoms with van der Waals surface area (Å²) in [5, 5.41) is 0. The van der Waals surface area contributed by atoms with E-state index in [0.717, 1.165) is 18.7 Å². The lowest BCUT2D eigenvalue weighted by Crippen LogP contribution is -2.57. The number of hydrogen-bond donors (Lipinski definition) is 0. The second-order valence-corrected chi connectivity index (χ2v) is 9.13. The third-order valence-corrected chi connectivity index (χ3v) is 7.36. The first kappa shape index (κ1) is 18.0. The number of carbonyl (C=O) groups is 1. The highest BCUT2D eigenvalue weighted by Gasteiger charge is 2.51. The summed E-state index contributed by atoms with van der Waals surface area (Å²) >= 11 is 0. The summed E-state index contributed by atoms with van der Waals surface area (Å²) in [6.07, 6.45) is 5.37. The van der Waals surface area contributed by atoms with Gasteiger partial charge in [-0.15, -0.1) is 0 Å². The average molecular weight is 367 g/mol. The molecule has 138 valence electrons. The molecule has 1 aliphatic heterocycles. The Labute approximate surface area is 148 Å². The van der Waals surface area contributed by atoms with E-state index in [-0.39, 0.29) is 5.91 Å². The third kappa shape index (κ3) is 3.31. The fourth-order valence-electron chi connectivity index (χ4n) is 3.80. The molecule has 1 aromatic rings. The van der Waals surface area contributed by atoms with Gasteiger partial charge in [-0.3, -0.25) is 4.79 Å². The molecule has 1 saturated heterocycles. The molecule has 7 nitrogen and oxygen atoms in total. The number of ether oxygens (including phenoxy) is 1. The predicted octanol–water partition coefficient (Wildman–Crippen LogP) is 1.10. The molecule has 0 atom stereocenters. The average Bonchev–Trinajstić information content (AvgIpc) is 3.12. The van der Waals surface area contributed by atoms with Gasteiger partial charge in [0.1, 0.15) is 11.6 Å². The van der Waals surface area contributed by atoms with Crippen LogP contribution in [-0.2, 0) is 14.6 Å². The molecule has 2 aliphatic rings. The minimum Gasteiger partial charge on any atom is -0.495 e. The first-order chi connectivity index (χ1) is 11.9. The molecular weight excluding hydrogens is 342 g/mol. The Hall–Kier alpha value is -1.83. The van der Waals surface area contributed by atoms with Gasteiger partial charge in [0.15, 0.2) is 14.6 Å². The molecule has 3 rings (SSSR count). The van der Waals surface area contributed by atoms with Crippen molar-refractivity contribution in [2.45, 2.75) is 30.4 Å². The molecule has 8 heteroatoms. The zero-order chi connectivity index (χ0) is 18.1. The molecule has 1 aliphatic carbocycles. The summed E-state index contributed by atoms with van der Waals surface area (Å²) < 4.78 is 28.5. The van der Waals surface area contributed by atoms with Crippen molar-refractivity contribution >= 4 is 21.6 Å². The molecule has 0 unspecified atom stereocenters. The number of aromatic nitrogens is 1. The Bertz CT molecular complexity index is 719. The van der Waals surface area contributed by atoms with Crippen LogP contribution in [0.25, 0.3) is 0 Å². The van der Waals surface area contributed by atoms with Gasteiger partial charge in [0.2, 0.25) is 5.91 Å². The molecule has 0 N–H and O–H groups in total. The second-order valence-electron chi connectivity index (χ2n) is 6.81. The van der Waals surface area contributed by atoms with Gasteiger partial charge in [0, 0.05) is 32.4 Å². The van der Waals surface area contributed by atoms with E-state index >= 15 is 0 Å². The number of methoxy groups -OCH3 is 1. The van der Waals surface area contributed by atoms with Crippen LogP contribution in [0.4, 0.5) is 5.82 Å². The fraction of sp³-hybridized carbons (Fsp3) is 0.647. The van der Waals surface area contributed by atoms with Crippen molar-refractivity contribution in [2.24, 2.45) is 0 Å². The lowest BCUT2D eigenvalue weighted by molar-refractivity contribution is -0.134. The molecular formula is C17H25N3O4S. The number of anilines is 1. The van der Waals surface area contributed by atoms with Crippen molar-refractivity contribution in [2.75, 3.05) is 44.4 Å². The number of sulfone groups is 1. The van der Waals surface area contributed by atoms with Crippen molar-refractivity contribution < 1.29 is 17.9 Å². The van der Waals surface area contributed by atoms with Crippen LogP contribution >= 0.6 is 0 Å². The Morgan fingerprint density at radius 2 is 1.80 bits per heavy atom. The van der Waals surface area contributed by atoms with Crippen molar-refractivity contribution in [3.8, 4) is 5.75 Å². The fourth-order valence-corrected chi connectivity index (χ4v) is 5.27. The van der Waals surface area contributed by atoms with Gasteiger partial charge in [0.25, 0.3) is 0 Å². The van der Waals surface area contributed by atoms with Gasteiger partial charge >= 0.3 is 0 Å². The van der Waals surface area contributed by atoms with E-state index in [4.69, 9.17) is 4.74 Å². The summed E-state index contributed by atoms with van der Waals surface area (Å²) in [7, 11) is -1.82. The number of carbonyl (C=O) groups excluding carboxylic acids is 1. The topological polar surface area (TPSA) is 79.8 Å². The van der Waals surface area contributed by atoms with Crippen LogP contribution in [0.2, 0.25) is 0 Å². The maximum atomic E-state index is 13.0. The summed E-state index contributed by atoms with van der Waals surface area (Å²) in [6.45, 7) is 2.32. The highest BCUT2D eigenvalue weighted by molar-refractivity contribution is 7.92. The normalized spacial score (nSPS) is 20.6. The first-order valence-corrected chi connectivity index (χ1v) is 10.5. The molecule has 1 amide bonds. The molecule has 25 heavy (non-hydrogen) atoms. The van der Waals surface area contributed by atoms with Gasteiger partial charge in [-0.1, -0.05) is 12.8 Å².